The van der Waals surface area contributed by atoms with Gasteiger partial charge in [-0.15, -0.1) is 0 Å². The fourth-order valence-electron chi connectivity index (χ4n) is 7.74. The number of rotatable bonds is 5. The second-order valence-electron chi connectivity index (χ2n) is 13.1. The van der Waals surface area contributed by atoms with Crippen molar-refractivity contribution in [1.29, 1.82) is 5.26 Å². The molecule has 0 fully saturated rings. The Kier molecular flexibility index (Phi) is 6.87. The van der Waals surface area contributed by atoms with E-state index in [0.29, 0.717) is 5.56 Å². The molecule has 8 aromatic carbocycles. The molecule has 10 rings (SSSR count). The van der Waals surface area contributed by atoms with Gasteiger partial charge in [-0.1, -0.05) is 127 Å². The first-order valence-corrected chi connectivity index (χ1v) is 17.4. The standard InChI is InChI=1S/C49H29NO2/c50-30-33-14-4-5-15-37(33)35-26-34(31-12-2-1-3-13-31)27-36(28-35)48-38(32-24-25-47-44(29-32)40-17-7-8-22-45(40)51-47)18-10-19-41(48)43-21-11-20-42-39-16-6-9-23-46(39)52-49(42)43/h1-29H. The lowest BCUT2D eigenvalue weighted by molar-refractivity contribution is 0.669. The van der Waals surface area contributed by atoms with Crippen molar-refractivity contribution >= 4 is 43.9 Å². The highest BCUT2D eigenvalue weighted by Gasteiger charge is 2.21. The minimum absolute atomic E-state index is 0.636. The molecule has 0 saturated heterocycles. The van der Waals surface area contributed by atoms with Gasteiger partial charge in [0.05, 0.1) is 11.6 Å². The third kappa shape index (κ3) is 4.81. The summed E-state index contributed by atoms with van der Waals surface area (Å²) in [4.78, 5) is 0. The highest BCUT2D eigenvalue weighted by Crippen LogP contribution is 2.46. The molecule has 0 saturated carbocycles. The average Bonchev–Trinajstić information content (AvgIpc) is 3.79. The van der Waals surface area contributed by atoms with Crippen molar-refractivity contribution in [3.05, 3.63) is 181 Å². The first-order valence-electron chi connectivity index (χ1n) is 17.4. The van der Waals surface area contributed by atoms with Gasteiger partial charge in [-0.05, 0) is 98.6 Å². The first-order chi connectivity index (χ1) is 25.7. The summed E-state index contributed by atoms with van der Waals surface area (Å²) in [6.07, 6.45) is 0. The van der Waals surface area contributed by atoms with Gasteiger partial charge in [0.15, 0.2) is 0 Å². The molecule has 0 aliphatic rings. The molecule has 0 radical (unpaired) electrons. The maximum absolute atomic E-state index is 10.2. The Labute approximate surface area is 300 Å². The van der Waals surface area contributed by atoms with Gasteiger partial charge in [0.25, 0.3) is 0 Å². The monoisotopic (exact) mass is 663 g/mol. The van der Waals surface area contributed by atoms with E-state index in [1.165, 1.54) is 0 Å². The highest BCUT2D eigenvalue weighted by atomic mass is 16.3. The number of hydrogen-bond acceptors (Lipinski definition) is 3. The van der Waals surface area contributed by atoms with Crippen LogP contribution in [0.4, 0.5) is 0 Å². The number of hydrogen-bond donors (Lipinski definition) is 0. The van der Waals surface area contributed by atoms with Gasteiger partial charge < -0.3 is 8.83 Å². The quantitative estimate of drug-likeness (QED) is 0.184. The lowest BCUT2D eigenvalue weighted by Crippen LogP contribution is -1.94. The Bertz CT molecular complexity index is 3030. The van der Waals surface area contributed by atoms with E-state index >= 15 is 0 Å². The van der Waals surface area contributed by atoms with E-state index in [-0.39, 0.29) is 0 Å². The zero-order valence-electron chi connectivity index (χ0n) is 28.0. The van der Waals surface area contributed by atoms with Gasteiger partial charge >= 0.3 is 0 Å². The summed E-state index contributed by atoms with van der Waals surface area (Å²) in [5.74, 6) is 0. The SMILES string of the molecule is N#Cc1ccccc1-c1cc(-c2ccccc2)cc(-c2c(-c3ccc4oc5ccccc5c4c3)cccc2-c2cccc3c2oc2ccccc23)c1. The zero-order valence-corrected chi connectivity index (χ0v) is 28.0. The van der Waals surface area contributed by atoms with E-state index in [1.54, 1.807) is 0 Å². The Balaban J connectivity index is 1.31. The average molecular weight is 664 g/mol. The Morgan fingerprint density at radius 2 is 0.942 bits per heavy atom. The molecular formula is C49H29NO2. The fourth-order valence-corrected chi connectivity index (χ4v) is 7.74. The molecule has 2 heterocycles. The van der Waals surface area contributed by atoms with Crippen LogP contribution in [0.1, 0.15) is 5.56 Å². The van der Waals surface area contributed by atoms with Gasteiger partial charge in [-0.2, -0.15) is 5.26 Å². The molecular weight excluding hydrogens is 635 g/mol. The fraction of sp³-hybridized carbons (Fsp3) is 0. The second-order valence-corrected chi connectivity index (χ2v) is 13.1. The predicted octanol–water partition coefficient (Wildman–Crippen LogP) is 13.7. The molecule has 3 heteroatoms. The van der Waals surface area contributed by atoms with Gasteiger partial charge in [0.2, 0.25) is 0 Å². The Morgan fingerprint density at radius 3 is 1.79 bits per heavy atom. The molecule has 2 aromatic heterocycles. The molecule has 0 aliphatic carbocycles. The van der Waals surface area contributed by atoms with Crippen molar-refractivity contribution in [3.63, 3.8) is 0 Å². The van der Waals surface area contributed by atoms with Gasteiger partial charge in [-0.25, -0.2) is 0 Å². The highest BCUT2D eigenvalue weighted by molar-refractivity contribution is 6.12. The van der Waals surface area contributed by atoms with E-state index in [0.717, 1.165) is 99.5 Å². The summed E-state index contributed by atoms with van der Waals surface area (Å²) in [7, 11) is 0. The molecule has 3 nitrogen and oxygen atoms in total. The molecule has 52 heavy (non-hydrogen) atoms. The zero-order chi connectivity index (χ0) is 34.6. The van der Waals surface area contributed by atoms with Crippen molar-refractivity contribution in [2.45, 2.75) is 0 Å². The summed E-state index contributed by atoms with van der Waals surface area (Å²) < 4.78 is 12.9. The summed E-state index contributed by atoms with van der Waals surface area (Å²) >= 11 is 0. The van der Waals surface area contributed by atoms with E-state index in [1.807, 2.05) is 54.6 Å². The molecule has 0 spiro atoms. The third-order valence-corrected chi connectivity index (χ3v) is 10.1. The number of nitrogens with zero attached hydrogens (tertiary/aromatic N) is 1. The van der Waals surface area contributed by atoms with Crippen LogP contribution in [0.25, 0.3) is 99.5 Å². The van der Waals surface area contributed by atoms with Crippen LogP contribution in [0.15, 0.2) is 185 Å². The van der Waals surface area contributed by atoms with Crippen LogP contribution in [0.5, 0.6) is 0 Å². The molecule has 0 N–H and O–H groups in total. The van der Waals surface area contributed by atoms with E-state index in [2.05, 4.69) is 127 Å². The number of furan rings is 2. The van der Waals surface area contributed by atoms with Crippen molar-refractivity contribution in [2.24, 2.45) is 0 Å². The molecule has 0 aliphatic heterocycles. The lowest BCUT2D eigenvalue weighted by atomic mass is 9.84. The van der Waals surface area contributed by atoms with Gasteiger partial charge in [0.1, 0.15) is 22.3 Å². The van der Waals surface area contributed by atoms with Crippen LogP contribution in [0, 0.1) is 11.3 Å². The van der Waals surface area contributed by atoms with E-state index in [9.17, 15) is 5.26 Å². The number of fused-ring (bicyclic) bond motifs is 6. The Hall–Kier alpha value is -7.15. The summed E-state index contributed by atoms with van der Waals surface area (Å²) in [5, 5.41) is 14.5. The van der Waals surface area contributed by atoms with Crippen molar-refractivity contribution < 1.29 is 8.83 Å². The molecule has 10 aromatic rings. The maximum Gasteiger partial charge on any atom is 0.143 e. The topological polar surface area (TPSA) is 50.1 Å². The van der Waals surface area contributed by atoms with Crippen LogP contribution in [-0.4, -0.2) is 0 Å². The van der Waals surface area contributed by atoms with Crippen molar-refractivity contribution in [2.75, 3.05) is 0 Å². The number of benzene rings is 8. The third-order valence-electron chi connectivity index (χ3n) is 10.1. The minimum atomic E-state index is 0.636. The summed E-state index contributed by atoms with van der Waals surface area (Å²) in [6, 6.07) is 63.3. The van der Waals surface area contributed by atoms with Gasteiger partial charge in [0, 0.05) is 27.1 Å². The van der Waals surface area contributed by atoms with Crippen LogP contribution < -0.4 is 0 Å². The Morgan fingerprint density at radius 1 is 0.346 bits per heavy atom. The van der Waals surface area contributed by atoms with Crippen LogP contribution in [0.3, 0.4) is 0 Å². The van der Waals surface area contributed by atoms with Crippen LogP contribution in [-0.2, 0) is 0 Å². The lowest BCUT2D eigenvalue weighted by Gasteiger charge is -2.19. The van der Waals surface area contributed by atoms with Crippen LogP contribution in [0.2, 0.25) is 0 Å². The summed E-state index contributed by atoms with van der Waals surface area (Å²) in [5.41, 5.74) is 14.5. The first kappa shape index (κ1) is 29.7. The van der Waals surface area contributed by atoms with Crippen molar-refractivity contribution in [1.82, 2.24) is 0 Å². The number of nitriles is 1. The smallest absolute Gasteiger partial charge is 0.143 e. The van der Waals surface area contributed by atoms with E-state index in [4.69, 9.17) is 8.83 Å². The predicted molar refractivity (Wildman–Crippen MR) is 213 cm³/mol. The second kappa shape index (κ2) is 12.0. The van der Waals surface area contributed by atoms with Crippen LogP contribution >= 0.6 is 0 Å². The largest absolute Gasteiger partial charge is 0.456 e. The molecule has 242 valence electrons. The number of para-hydroxylation sites is 3. The van der Waals surface area contributed by atoms with E-state index < -0.39 is 0 Å². The minimum Gasteiger partial charge on any atom is -0.456 e. The molecule has 0 unspecified atom stereocenters. The molecule has 0 atom stereocenters. The maximum atomic E-state index is 10.2. The molecule has 0 amide bonds. The normalized spacial score (nSPS) is 11.4. The van der Waals surface area contributed by atoms with Crippen molar-refractivity contribution in [3.8, 4) is 61.7 Å². The van der Waals surface area contributed by atoms with Gasteiger partial charge in [-0.3, -0.25) is 0 Å². The summed E-state index contributed by atoms with van der Waals surface area (Å²) in [6.45, 7) is 0. The molecule has 0 bridgehead atoms.